The number of hydrogen-bond donors (Lipinski definition) is 0. The lowest BCUT2D eigenvalue weighted by molar-refractivity contribution is 0.226. The Balaban J connectivity index is 2.32. The van der Waals surface area contributed by atoms with Gasteiger partial charge >= 0.3 is 0 Å². The molecule has 0 unspecified atom stereocenters. The van der Waals surface area contributed by atoms with Crippen LogP contribution in [0.15, 0.2) is 0 Å². The maximum atomic E-state index is 2.40. The third kappa shape index (κ3) is 2.00. The number of rotatable bonds is 1. The third-order valence-electron chi connectivity index (χ3n) is 2.92. The molecule has 2 atom stereocenters. The second kappa shape index (κ2) is 3.41. The van der Waals surface area contributed by atoms with E-state index in [-0.39, 0.29) is 0 Å². The summed E-state index contributed by atoms with van der Waals surface area (Å²) in [5.74, 6) is 2.95. The molecule has 10 heavy (non-hydrogen) atoms. The van der Waals surface area contributed by atoms with Gasteiger partial charge in [-0.25, -0.2) is 0 Å². The lowest BCUT2D eigenvalue weighted by Crippen LogP contribution is -2.17. The lowest BCUT2D eigenvalue weighted by atomic mass is 9.77. The van der Waals surface area contributed by atoms with Crippen LogP contribution in [-0.4, -0.2) is 0 Å². The predicted molar refractivity (Wildman–Crippen MR) is 46.0 cm³/mol. The molecule has 1 rings (SSSR count). The fourth-order valence-electron chi connectivity index (χ4n) is 2.09. The molecule has 0 bridgehead atoms. The summed E-state index contributed by atoms with van der Waals surface area (Å²) >= 11 is 0. The smallest absolute Gasteiger partial charge is 0.0389 e. The van der Waals surface area contributed by atoms with Crippen molar-refractivity contribution in [2.45, 2.75) is 46.5 Å². The van der Waals surface area contributed by atoms with Crippen molar-refractivity contribution in [2.75, 3.05) is 0 Å². The van der Waals surface area contributed by atoms with E-state index in [1.54, 1.807) is 0 Å². The van der Waals surface area contributed by atoms with E-state index in [1.807, 2.05) is 0 Å². The van der Waals surface area contributed by atoms with Crippen LogP contribution in [0.3, 0.4) is 0 Å². The van der Waals surface area contributed by atoms with Gasteiger partial charge in [0.1, 0.15) is 0 Å². The SMILES string of the molecule is CC(C)[C@H]1CCC[C@@H](C)C1. The molecule has 0 spiro atoms. The molecule has 0 nitrogen and oxygen atoms in total. The zero-order valence-corrected chi connectivity index (χ0v) is 7.56. The molecular weight excluding hydrogens is 120 g/mol. The first kappa shape index (κ1) is 8.10. The molecule has 0 heterocycles. The molecule has 1 fully saturated rings. The Labute approximate surface area is 65.0 Å². The van der Waals surface area contributed by atoms with Crippen LogP contribution in [0.25, 0.3) is 0 Å². The fourth-order valence-corrected chi connectivity index (χ4v) is 2.09. The van der Waals surface area contributed by atoms with Crippen molar-refractivity contribution in [1.82, 2.24) is 0 Å². The van der Waals surface area contributed by atoms with Crippen LogP contribution in [0.1, 0.15) is 46.5 Å². The van der Waals surface area contributed by atoms with Gasteiger partial charge in [-0.1, -0.05) is 40.0 Å². The second-order valence-electron chi connectivity index (χ2n) is 4.28. The second-order valence-corrected chi connectivity index (χ2v) is 4.28. The molecule has 0 aromatic heterocycles. The largest absolute Gasteiger partial charge is 0.0625 e. The summed E-state index contributed by atoms with van der Waals surface area (Å²) in [6.45, 7) is 7.12. The molecule has 60 valence electrons. The molecule has 1 aliphatic rings. The first-order valence-corrected chi connectivity index (χ1v) is 4.70. The predicted octanol–water partition coefficient (Wildman–Crippen LogP) is 3.47. The summed E-state index contributed by atoms with van der Waals surface area (Å²) in [4.78, 5) is 0. The van der Waals surface area contributed by atoms with Gasteiger partial charge in [0.05, 0.1) is 0 Å². The Morgan fingerprint density at radius 3 is 2.30 bits per heavy atom. The molecule has 0 N–H and O–H groups in total. The highest BCUT2D eigenvalue weighted by Gasteiger charge is 2.20. The molecule has 0 amide bonds. The maximum absolute atomic E-state index is 2.40. The summed E-state index contributed by atoms with van der Waals surface area (Å²) in [5.41, 5.74) is 0. The molecule has 0 heteroatoms. The Hall–Kier alpha value is 0. The maximum Gasteiger partial charge on any atom is -0.0389 e. The summed E-state index contributed by atoms with van der Waals surface area (Å²) in [6, 6.07) is 0. The van der Waals surface area contributed by atoms with Crippen LogP contribution in [0.5, 0.6) is 0 Å². The average Bonchev–Trinajstić information content (AvgIpc) is 1.88. The van der Waals surface area contributed by atoms with Crippen molar-refractivity contribution in [3.63, 3.8) is 0 Å². The summed E-state index contributed by atoms with van der Waals surface area (Å²) in [7, 11) is 0. The topological polar surface area (TPSA) is 0 Å². The van der Waals surface area contributed by atoms with Gasteiger partial charge < -0.3 is 0 Å². The van der Waals surface area contributed by atoms with E-state index in [0.29, 0.717) is 0 Å². The van der Waals surface area contributed by atoms with Crippen LogP contribution < -0.4 is 0 Å². The zero-order valence-electron chi connectivity index (χ0n) is 7.56. The van der Waals surface area contributed by atoms with E-state index in [2.05, 4.69) is 20.8 Å². The molecule has 0 radical (unpaired) electrons. The summed E-state index contributed by atoms with van der Waals surface area (Å²) < 4.78 is 0. The minimum atomic E-state index is 0.919. The van der Waals surface area contributed by atoms with Crippen LogP contribution in [-0.2, 0) is 0 Å². The van der Waals surface area contributed by atoms with Crippen molar-refractivity contribution >= 4 is 0 Å². The van der Waals surface area contributed by atoms with Gasteiger partial charge in [0.15, 0.2) is 0 Å². The molecule has 1 saturated carbocycles. The lowest BCUT2D eigenvalue weighted by Gasteiger charge is -2.29. The Morgan fingerprint density at radius 2 is 1.90 bits per heavy atom. The molecule has 1 aliphatic carbocycles. The van der Waals surface area contributed by atoms with Gasteiger partial charge in [-0.05, 0) is 24.2 Å². The highest BCUT2D eigenvalue weighted by Crippen LogP contribution is 2.32. The highest BCUT2D eigenvalue weighted by atomic mass is 14.3. The van der Waals surface area contributed by atoms with Gasteiger partial charge in [-0.3, -0.25) is 0 Å². The van der Waals surface area contributed by atoms with Crippen LogP contribution in [0, 0.1) is 17.8 Å². The van der Waals surface area contributed by atoms with Crippen LogP contribution >= 0.6 is 0 Å². The van der Waals surface area contributed by atoms with Crippen molar-refractivity contribution in [3.05, 3.63) is 0 Å². The zero-order chi connectivity index (χ0) is 7.56. The van der Waals surface area contributed by atoms with Gasteiger partial charge in [-0.2, -0.15) is 0 Å². The molecule has 0 aromatic rings. The Kier molecular flexibility index (Phi) is 2.76. The molecule has 0 aliphatic heterocycles. The highest BCUT2D eigenvalue weighted by molar-refractivity contribution is 4.72. The van der Waals surface area contributed by atoms with Crippen LogP contribution in [0.2, 0.25) is 0 Å². The third-order valence-corrected chi connectivity index (χ3v) is 2.92. The minimum Gasteiger partial charge on any atom is -0.0625 e. The van der Waals surface area contributed by atoms with E-state index in [1.165, 1.54) is 25.7 Å². The van der Waals surface area contributed by atoms with E-state index in [9.17, 15) is 0 Å². The quantitative estimate of drug-likeness (QED) is 0.523. The van der Waals surface area contributed by atoms with Gasteiger partial charge in [-0.15, -0.1) is 0 Å². The van der Waals surface area contributed by atoms with Gasteiger partial charge in [0.25, 0.3) is 0 Å². The minimum absolute atomic E-state index is 0.919. The van der Waals surface area contributed by atoms with E-state index >= 15 is 0 Å². The van der Waals surface area contributed by atoms with Crippen molar-refractivity contribution in [2.24, 2.45) is 17.8 Å². The van der Waals surface area contributed by atoms with Crippen molar-refractivity contribution in [3.8, 4) is 0 Å². The van der Waals surface area contributed by atoms with E-state index < -0.39 is 0 Å². The first-order chi connectivity index (χ1) is 4.70. The Bertz CT molecular complexity index is 94.2. The molecule has 0 saturated heterocycles. The van der Waals surface area contributed by atoms with Crippen molar-refractivity contribution < 1.29 is 0 Å². The number of hydrogen-bond acceptors (Lipinski definition) is 0. The van der Waals surface area contributed by atoms with E-state index in [0.717, 1.165) is 17.8 Å². The standard InChI is InChI=1S/C10H20/c1-8(2)10-6-4-5-9(3)7-10/h8-10H,4-7H2,1-3H3/t9-,10+/m1/s1. The summed E-state index contributed by atoms with van der Waals surface area (Å²) in [6.07, 6.45) is 5.92. The monoisotopic (exact) mass is 140 g/mol. The van der Waals surface area contributed by atoms with Gasteiger partial charge in [0.2, 0.25) is 0 Å². The molecular formula is C10H20. The first-order valence-electron chi connectivity index (χ1n) is 4.70. The van der Waals surface area contributed by atoms with Crippen molar-refractivity contribution in [1.29, 1.82) is 0 Å². The molecule has 0 aromatic carbocycles. The average molecular weight is 140 g/mol. The fraction of sp³-hybridized carbons (Fsp3) is 1.00. The Morgan fingerprint density at radius 1 is 1.20 bits per heavy atom. The van der Waals surface area contributed by atoms with Gasteiger partial charge in [0, 0.05) is 0 Å². The van der Waals surface area contributed by atoms with Crippen LogP contribution in [0.4, 0.5) is 0 Å². The summed E-state index contributed by atoms with van der Waals surface area (Å²) in [5, 5.41) is 0. The normalized spacial score (nSPS) is 34.8. The van der Waals surface area contributed by atoms with E-state index in [4.69, 9.17) is 0 Å².